The monoisotopic (exact) mass is 368 g/mol. The predicted octanol–water partition coefficient (Wildman–Crippen LogP) is 4.46. The summed E-state index contributed by atoms with van der Waals surface area (Å²) in [7, 11) is 0. The molecule has 1 aromatic carbocycles. The molecule has 2 nitrogen and oxygen atoms in total. The van der Waals surface area contributed by atoms with Gasteiger partial charge in [0.2, 0.25) is 0 Å². The smallest absolute Gasteiger partial charge is 0.129 e. The third kappa shape index (κ3) is 4.48. The Balaban J connectivity index is 0.00000121. The maximum absolute atomic E-state index is 14.4. The van der Waals surface area contributed by atoms with E-state index in [1.54, 1.807) is 0 Å². The largest absolute Gasteiger partial charge is 0.314 e. The van der Waals surface area contributed by atoms with Crippen LogP contribution in [0.3, 0.4) is 0 Å². The first-order chi connectivity index (χ1) is 9.75. The van der Waals surface area contributed by atoms with E-state index in [0.717, 1.165) is 31.7 Å². The highest BCUT2D eigenvalue weighted by Crippen LogP contribution is 2.40. The van der Waals surface area contributed by atoms with Crippen molar-refractivity contribution >= 4 is 36.4 Å². The summed E-state index contributed by atoms with van der Waals surface area (Å²) in [5.41, 5.74) is 0.836. The van der Waals surface area contributed by atoms with Crippen LogP contribution >= 0.6 is 36.4 Å². The fourth-order valence-electron chi connectivity index (χ4n) is 3.72. The average molecular weight is 370 g/mol. The van der Waals surface area contributed by atoms with Gasteiger partial charge in [0, 0.05) is 42.8 Å². The van der Waals surface area contributed by atoms with Crippen LogP contribution in [0.1, 0.15) is 37.3 Å². The zero-order chi connectivity index (χ0) is 13.9. The molecule has 0 unspecified atom stereocenters. The van der Waals surface area contributed by atoms with E-state index < -0.39 is 0 Å². The minimum Gasteiger partial charge on any atom is -0.314 e. The van der Waals surface area contributed by atoms with Crippen molar-refractivity contribution in [3.8, 4) is 0 Å². The zero-order valence-electron chi connectivity index (χ0n) is 12.6. The molecule has 0 spiro atoms. The van der Waals surface area contributed by atoms with Crippen molar-refractivity contribution < 1.29 is 4.39 Å². The molecule has 1 saturated carbocycles. The van der Waals surface area contributed by atoms with E-state index in [1.807, 2.05) is 12.1 Å². The minimum absolute atomic E-state index is 0. The number of halogens is 4. The van der Waals surface area contributed by atoms with Gasteiger partial charge in [0.05, 0.1) is 0 Å². The quantitative estimate of drug-likeness (QED) is 0.846. The van der Waals surface area contributed by atoms with Gasteiger partial charge in [-0.3, -0.25) is 4.90 Å². The fourth-order valence-corrected chi connectivity index (χ4v) is 3.88. The summed E-state index contributed by atoms with van der Waals surface area (Å²) in [4.78, 5) is 2.46. The van der Waals surface area contributed by atoms with Gasteiger partial charge in [-0.2, -0.15) is 0 Å². The highest BCUT2D eigenvalue weighted by atomic mass is 35.5. The van der Waals surface area contributed by atoms with Crippen LogP contribution in [-0.2, 0) is 0 Å². The van der Waals surface area contributed by atoms with Gasteiger partial charge in [0.1, 0.15) is 5.82 Å². The number of piperazine rings is 1. The molecule has 1 aliphatic carbocycles. The van der Waals surface area contributed by atoms with Gasteiger partial charge in [0.25, 0.3) is 0 Å². The summed E-state index contributed by atoms with van der Waals surface area (Å²) >= 11 is 5.90. The van der Waals surface area contributed by atoms with E-state index in [-0.39, 0.29) is 36.7 Å². The van der Waals surface area contributed by atoms with E-state index in [1.165, 1.54) is 31.7 Å². The van der Waals surface area contributed by atoms with Gasteiger partial charge in [-0.05, 0) is 30.9 Å². The van der Waals surface area contributed by atoms with Crippen molar-refractivity contribution in [3.63, 3.8) is 0 Å². The molecule has 1 aromatic rings. The number of nitrogens with zero attached hydrogens (tertiary/aromatic N) is 1. The molecule has 1 atom stereocenters. The molecule has 1 heterocycles. The van der Waals surface area contributed by atoms with E-state index in [2.05, 4.69) is 10.2 Å². The summed E-state index contributed by atoms with van der Waals surface area (Å²) in [6, 6.07) is 5.39. The molecule has 6 heteroatoms. The van der Waals surface area contributed by atoms with Crippen molar-refractivity contribution in [1.29, 1.82) is 0 Å². The molecule has 1 saturated heterocycles. The summed E-state index contributed by atoms with van der Waals surface area (Å²) in [6.07, 6.45) is 5.00. The molecule has 3 rings (SSSR count). The SMILES string of the molecule is Cl.Cl.Fc1cc(Cl)ccc1[C@H](C1CCCC1)N1CCNCC1. The van der Waals surface area contributed by atoms with Crippen molar-refractivity contribution in [2.45, 2.75) is 31.7 Å². The van der Waals surface area contributed by atoms with Crippen LogP contribution in [0.5, 0.6) is 0 Å². The van der Waals surface area contributed by atoms with E-state index in [0.29, 0.717) is 10.9 Å². The average Bonchev–Trinajstić information content (AvgIpc) is 2.97. The summed E-state index contributed by atoms with van der Waals surface area (Å²) in [6.45, 7) is 4.00. The minimum atomic E-state index is -0.145. The van der Waals surface area contributed by atoms with Gasteiger partial charge in [0.15, 0.2) is 0 Å². The Hall–Kier alpha value is -0.0600. The maximum Gasteiger partial charge on any atom is 0.129 e. The van der Waals surface area contributed by atoms with Crippen molar-refractivity contribution in [1.82, 2.24) is 10.2 Å². The van der Waals surface area contributed by atoms with Crippen LogP contribution < -0.4 is 5.32 Å². The van der Waals surface area contributed by atoms with Crippen LogP contribution in [0, 0.1) is 11.7 Å². The van der Waals surface area contributed by atoms with Crippen molar-refractivity contribution in [2.75, 3.05) is 26.2 Å². The van der Waals surface area contributed by atoms with Gasteiger partial charge in [-0.15, -0.1) is 24.8 Å². The Morgan fingerprint density at radius 3 is 2.36 bits per heavy atom. The first-order valence-electron chi connectivity index (χ1n) is 7.65. The molecule has 0 bridgehead atoms. The number of hydrogen-bond acceptors (Lipinski definition) is 2. The number of rotatable bonds is 3. The summed E-state index contributed by atoms with van der Waals surface area (Å²) in [5, 5.41) is 3.86. The zero-order valence-corrected chi connectivity index (χ0v) is 15.0. The third-order valence-electron chi connectivity index (χ3n) is 4.67. The van der Waals surface area contributed by atoms with Crippen molar-refractivity contribution in [3.05, 3.63) is 34.6 Å². The van der Waals surface area contributed by atoms with E-state index in [4.69, 9.17) is 11.6 Å². The molecule has 0 amide bonds. The van der Waals surface area contributed by atoms with Crippen LogP contribution in [0.25, 0.3) is 0 Å². The van der Waals surface area contributed by atoms with Gasteiger partial charge < -0.3 is 5.32 Å². The molecule has 2 fully saturated rings. The first kappa shape index (κ1) is 20.0. The second-order valence-electron chi connectivity index (χ2n) is 5.94. The maximum atomic E-state index is 14.4. The van der Waals surface area contributed by atoms with Crippen LogP contribution in [0.4, 0.5) is 4.39 Å². The molecule has 0 aromatic heterocycles. The molecule has 1 aliphatic heterocycles. The summed E-state index contributed by atoms with van der Waals surface area (Å²) in [5.74, 6) is 0.441. The van der Waals surface area contributed by atoms with E-state index in [9.17, 15) is 4.39 Å². The molecule has 2 aliphatic rings. The highest BCUT2D eigenvalue weighted by Gasteiger charge is 2.33. The lowest BCUT2D eigenvalue weighted by atomic mass is 9.89. The first-order valence-corrected chi connectivity index (χ1v) is 8.03. The van der Waals surface area contributed by atoms with Gasteiger partial charge >= 0.3 is 0 Å². The highest BCUT2D eigenvalue weighted by molar-refractivity contribution is 6.30. The standard InChI is InChI=1S/C16H22ClFN2.2ClH/c17-13-5-6-14(15(18)11-13)16(12-3-1-2-4-12)20-9-7-19-8-10-20;;/h5-6,11-12,16,19H,1-4,7-10H2;2*1H/t16-;;/m0../s1. The lowest BCUT2D eigenvalue weighted by Crippen LogP contribution is -2.46. The van der Waals surface area contributed by atoms with Crippen molar-refractivity contribution in [2.24, 2.45) is 5.92 Å². The molecule has 0 radical (unpaired) electrons. The Bertz CT molecular complexity index is 461. The predicted molar refractivity (Wildman–Crippen MR) is 95.0 cm³/mol. The lowest BCUT2D eigenvalue weighted by Gasteiger charge is -2.38. The molecule has 22 heavy (non-hydrogen) atoms. The number of hydrogen-bond donors (Lipinski definition) is 1. The second kappa shape index (κ2) is 9.29. The molecule has 1 N–H and O–H groups in total. The lowest BCUT2D eigenvalue weighted by molar-refractivity contribution is 0.122. The molecular formula is C16H24Cl3FN2. The van der Waals surface area contributed by atoms with Crippen LogP contribution in [0.2, 0.25) is 5.02 Å². The van der Waals surface area contributed by atoms with Crippen LogP contribution in [0.15, 0.2) is 18.2 Å². The normalized spacial score (nSPS) is 21.0. The number of benzene rings is 1. The Morgan fingerprint density at radius 1 is 1.14 bits per heavy atom. The van der Waals surface area contributed by atoms with Crippen LogP contribution in [-0.4, -0.2) is 31.1 Å². The summed E-state index contributed by atoms with van der Waals surface area (Å²) < 4.78 is 14.4. The second-order valence-corrected chi connectivity index (χ2v) is 6.38. The number of nitrogens with one attached hydrogen (secondary N) is 1. The van der Waals surface area contributed by atoms with E-state index >= 15 is 0 Å². The molecule has 126 valence electrons. The van der Waals surface area contributed by atoms with Gasteiger partial charge in [-0.25, -0.2) is 4.39 Å². The fraction of sp³-hybridized carbons (Fsp3) is 0.625. The topological polar surface area (TPSA) is 15.3 Å². The third-order valence-corrected chi connectivity index (χ3v) is 4.91. The Labute approximate surface area is 149 Å². The van der Waals surface area contributed by atoms with Gasteiger partial charge in [-0.1, -0.05) is 30.5 Å². The Kier molecular flexibility index (Phi) is 8.44. The molecular weight excluding hydrogens is 346 g/mol. The Morgan fingerprint density at radius 2 is 1.77 bits per heavy atom.